The molecular weight excluding hydrogens is 279 g/mol. The minimum Gasteiger partial charge on any atom is -0.613 e. The standard InChI is InChI=1S/C13H15ClO3S.Li/c1-3-9(13(16)17-4-2)12(15)10-7-8(18)5-6-11(10)14;/h5-7,16,18H,3-4H2,1-2H3;/q;+1/p-1. The molecule has 0 N–H and O–H groups in total. The third-order valence-corrected chi connectivity index (χ3v) is 2.95. The third kappa shape index (κ3) is 4.81. The van der Waals surface area contributed by atoms with Crippen LogP contribution in [0.15, 0.2) is 34.6 Å². The summed E-state index contributed by atoms with van der Waals surface area (Å²) in [4.78, 5) is 12.8. The summed E-state index contributed by atoms with van der Waals surface area (Å²) in [5.74, 6) is -0.998. The molecule has 0 heterocycles. The third-order valence-electron chi connectivity index (χ3n) is 2.34. The fourth-order valence-electron chi connectivity index (χ4n) is 1.47. The van der Waals surface area contributed by atoms with Gasteiger partial charge in [0.2, 0.25) is 0 Å². The van der Waals surface area contributed by atoms with Gasteiger partial charge in [0.25, 0.3) is 0 Å². The van der Waals surface area contributed by atoms with E-state index in [2.05, 4.69) is 12.6 Å². The first-order valence-corrected chi connectivity index (χ1v) is 6.39. The predicted octanol–water partition coefficient (Wildman–Crippen LogP) is -0.166. The average Bonchev–Trinajstić information content (AvgIpc) is 2.33. The van der Waals surface area contributed by atoms with Crippen molar-refractivity contribution in [2.45, 2.75) is 25.2 Å². The summed E-state index contributed by atoms with van der Waals surface area (Å²) in [5, 5.41) is 11.9. The molecule has 0 spiro atoms. The number of carbonyl (C=O) groups is 1. The first kappa shape index (κ1) is 18.5. The number of halogens is 1. The van der Waals surface area contributed by atoms with Crippen molar-refractivity contribution in [3.05, 3.63) is 40.3 Å². The van der Waals surface area contributed by atoms with E-state index in [1.165, 1.54) is 0 Å². The van der Waals surface area contributed by atoms with Crippen molar-refractivity contribution < 1.29 is 33.5 Å². The predicted molar refractivity (Wildman–Crippen MR) is 72.0 cm³/mol. The molecule has 98 valence electrons. The second kappa shape index (κ2) is 8.60. The first-order valence-electron chi connectivity index (χ1n) is 5.57. The quantitative estimate of drug-likeness (QED) is 0.270. The Balaban J connectivity index is 0.00000324. The van der Waals surface area contributed by atoms with E-state index in [-0.39, 0.29) is 36.6 Å². The largest absolute Gasteiger partial charge is 1.00 e. The van der Waals surface area contributed by atoms with Gasteiger partial charge >= 0.3 is 18.9 Å². The molecule has 1 aromatic carbocycles. The Labute approximate surface area is 135 Å². The van der Waals surface area contributed by atoms with Crippen LogP contribution in [0.3, 0.4) is 0 Å². The normalized spacial score (nSPS) is 11.4. The minimum atomic E-state index is -0.592. The fraction of sp³-hybridized carbons (Fsp3) is 0.308. The number of Topliss-reactive ketones (excluding diaryl/α,β-unsaturated/α-hetero) is 1. The SMILES string of the molecule is CCOC([O-])=C(CC)C(=O)c1cc(S)ccc1Cl.[Li+]. The Morgan fingerprint density at radius 3 is 2.58 bits per heavy atom. The molecule has 0 unspecified atom stereocenters. The molecule has 0 aliphatic rings. The van der Waals surface area contributed by atoms with Gasteiger partial charge in [0, 0.05) is 16.0 Å². The average molecular weight is 293 g/mol. The summed E-state index contributed by atoms with van der Waals surface area (Å²) in [6, 6.07) is 4.80. The fourth-order valence-corrected chi connectivity index (χ4v) is 1.87. The molecule has 0 aromatic heterocycles. The summed E-state index contributed by atoms with van der Waals surface area (Å²) in [6.45, 7) is 3.65. The van der Waals surface area contributed by atoms with Crippen LogP contribution < -0.4 is 24.0 Å². The Morgan fingerprint density at radius 1 is 1.42 bits per heavy atom. The zero-order chi connectivity index (χ0) is 13.7. The summed E-state index contributed by atoms with van der Waals surface area (Å²) in [5.41, 5.74) is 0.367. The van der Waals surface area contributed by atoms with Gasteiger partial charge in [-0.3, -0.25) is 4.79 Å². The van der Waals surface area contributed by atoms with E-state index in [9.17, 15) is 9.90 Å². The van der Waals surface area contributed by atoms with Crippen molar-refractivity contribution in [3.63, 3.8) is 0 Å². The smallest absolute Gasteiger partial charge is 0.613 e. The van der Waals surface area contributed by atoms with Gasteiger partial charge in [-0.05, 0) is 31.2 Å². The number of allylic oxidation sites excluding steroid dienone is 1. The zero-order valence-corrected chi connectivity index (χ0v) is 12.8. The van der Waals surface area contributed by atoms with Crippen LogP contribution in [0.5, 0.6) is 0 Å². The maximum absolute atomic E-state index is 12.2. The molecule has 0 aliphatic heterocycles. The molecule has 0 saturated heterocycles. The second-order valence-electron chi connectivity index (χ2n) is 3.55. The molecule has 0 aliphatic carbocycles. The van der Waals surface area contributed by atoms with Crippen molar-refractivity contribution in [1.29, 1.82) is 0 Å². The number of ether oxygens (including phenoxy) is 1. The molecule has 0 amide bonds. The van der Waals surface area contributed by atoms with Crippen molar-refractivity contribution in [2.75, 3.05) is 6.61 Å². The van der Waals surface area contributed by atoms with Crippen molar-refractivity contribution in [3.8, 4) is 0 Å². The molecule has 1 aromatic rings. The number of hydrogen-bond donors (Lipinski definition) is 1. The molecular formula is C13H14ClLiO3S. The van der Waals surface area contributed by atoms with Crippen molar-refractivity contribution in [1.82, 2.24) is 0 Å². The van der Waals surface area contributed by atoms with E-state index in [0.717, 1.165) is 0 Å². The number of ketones is 1. The first-order chi connectivity index (χ1) is 8.51. The van der Waals surface area contributed by atoms with Gasteiger partial charge in [-0.2, -0.15) is 0 Å². The zero-order valence-electron chi connectivity index (χ0n) is 11.2. The van der Waals surface area contributed by atoms with E-state index in [1.807, 2.05) is 0 Å². The monoisotopic (exact) mass is 292 g/mol. The van der Waals surface area contributed by atoms with E-state index >= 15 is 0 Å². The molecule has 0 bridgehead atoms. The van der Waals surface area contributed by atoms with Crippen LogP contribution in [-0.4, -0.2) is 12.4 Å². The number of benzene rings is 1. The summed E-state index contributed by atoms with van der Waals surface area (Å²) < 4.78 is 4.85. The Hall–Kier alpha value is -0.533. The van der Waals surface area contributed by atoms with Crippen LogP contribution in [0.4, 0.5) is 0 Å². The molecule has 1 rings (SSSR count). The maximum atomic E-state index is 12.2. The van der Waals surface area contributed by atoms with E-state index in [0.29, 0.717) is 16.3 Å². The molecule has 0 saturated carbocycles. The van der Waals surface area contributed by atoms with E-state index in [1.54, 1.807) is 32.0 Å². The van der Waals surface area contributed by atoms with Crippen molar-refractivity contribution >= 4 is 30.0 Å². The summed E-state index contributed by atoms with van der Waals surface area (Å²) in [7, 11) is 0. The van der Waals surface area contributed by atoms with E-state index < -0.39 is 11.7 Å². The number of hydrogen-bond acceptors (Lipinski definition) is 4. The van der Waals surface area contributed by atoms with Crippen LogP contribution in [-0.2, 0) is 4.74 Å². The van der Waals surface area contributed by atoms with Crippen LogP contribution in [0, 0.1) is 0 Å². The molecule has 19 heavy (non-hydrogen) atoms. The van der Waals surface area contributed by atoms with Gasteiger partial charge in [0.05, 0.1) is 11.0 Å². The molecule has 0 atom stereocenters. The van der Waals surface area contributed by atoms with Gasteiger partial charge in [-0.15, -0.1) is 12.6 Å². The summed E-state index contributed by atoms with van der Waals surface area (Å²) >= 11 is 10.1. The van der Waals surface area contributed by atoms with Gasteiger partial charge < -0.3 is 9.84 Å². The van der Waals surface area contributed by atoms with Gasteiger partial charge in [-0.1, -0.05) is 25.4 Å². The molecule has 0 fully saturated rings. The Kier molecular flexibility index (Phi) is 8.36. The van der Waals surface area contributed by atoms with E-state index in [4.69, 9.17) is 16.3 Å². The maximum Gasteiger partial charge on any atom is 1.00 e. The number of carbonyl (C=O) groups excluding carboxylic acids is 1. The van der Waals surface area contributed by atoms with Crippen LogP contribution in [0.2, 0.25) is 5.02 Å². The number of thiol groups is 1. The Morgan fingerprint density at radius 2 is 2.05 bits per heavy atom. The van der Waals surface area contributed by atoms with Gasteiger partial charge in [0.15, 0.2) is 5.78 Å². The Bertz CT molecular complexity index is 489. The van der Waals surface area contributed by atoms with Gasteiger partial charge in [0.1, 0.15) is 0 Å². The summed E-state index contributed by atoms with van der Waals surface area (Å²) in [6.07, 6.45) is 0.296. The molecule has 6 heteroatoms. The second-order valence-corrected chi connectivity index (χ2v) is 4.47. The minimum absolute atomic E-state index is 0. The van der Waals surface area contributed by atoms with Crippen molar-refractivity contribution in [2.24, 2.45) is 0 Å². The molecule has 0 radical (unpaired) electrons. The number of rotatable bonds is 5. The topological polar surface area (TPSA) is 49.4 Å². The van der Waals surface area contributed by atoms with Crippen LogP contribution >= 0.6 is 24.2 Å². The van der Waals surface area contributed by atoms with Gasteiger partial charge in [-0.25, -0.2) is 0 Å². The van der Waals surface area contributed by atoms with Crippen LogP contribution in [0.25, 0.3) is 0 Å². The van der Waals surface area contributed by atoms with Crippen LogP contribution in [0.1, 0.15) is 30.6 Å². The molecule has 3 nitrogen and oxygen atoms in total.